The smallest absolute Gasteiger partial charge is 0.243 e. The van der Waals surface area contributed by atoms with E-state index in [9.17, 15) is 18.0 Å². The van der Waals surface area contributed by atoms with Gasteiger partial charge in [0.05, 0.1) is 10.8 Å². The number of amides is 2. The third-order valence-electron chi connectivity index (χ3n) is 6.39. The Morgan fingerprint density at radius 1 is 1.09 bits per heavy atom. The summed E-state index contributed by atoms with van der Waals surface area (Å²) in [6.45, 7) is 8.65. The van der Waals surface area contributed by atoms with Crippen LogP contribution >= 0.6 is 0 Å². The van der Waals surface area contributed by atoms with Crippen LogP contribution in [-0.4, -0.2) is 75.3 Å². The molecular weight excluding hydrogens is 428 g/mol. The second-order valence-corrected chi connectivity index (χ2v) is 10.5. The number of rotatable bonds is 10. The van der Waals surface area contributed by atoms with Crippen molar-refractivity contribution in [2.75, 3.05) is 50.7 Å². The van der Waals surface area contributed by atoms with Crippen LogP contribution in [0.1, 0.15) is 46.0 Å². The van der Waals surface area contributed by atoms with Crippen LogP contribution in [0.2, 0.25) is 0 Å². The van der Waals surface area contributed by atoms with Gasteiger partial charge >= 0.3 is 0 Å². The molecule has 1 aromatic rings. The Balaban J connectivity index is 1.52. The number of likely N-dealkylation sites (tertiary alicyclic amines) is 1. The largest absolute Gasteiger partial charge is 0.356 e. The average molecular weight is 465 g/mol. The standard InChI is InChI=1S/C23H36N4O4S/c1-3-26(4-2)32(30,31)21-11-9-20(10-12-21)27-18-19(17-22(27)28)23(29)24-13-8-16-25-14-6-5-7-15-25/h9-12,19H,3-8,13-18H2,1-2H3,(H,24,29). The highest BCUT2D eigenvalue weighted by Gasteiger charge is 2.35. The number of hydrogen-bond donors (Lipinski definition) is 1. The molecule has 32 heavy (non-hydrogen) atoms. The zero-order chi connectivity index (χ0) is 23.1. The molecule has 0 saturated carbocycles. The van der Waals surface area contributed by atoms with Crippen molar-refractivity contribution in [2.45, 2.75) is 50.8 Å². The Kier molecular flexibility index (Phi) is 8.67. The molecule has 0 spiro atoms. The Morgan fingerprint density at radius 3 is 2.38 bits per heavy atom. The van der Waals surface area contributed by atoms with E-state index in [0.717, 1.165) is 26.1 Å². The number of piperidine rings is 1. The van der Waals surface area contributed by atoms with E-state index in [0.29, 0.717) is 31.9 Å². The molecule has 2 aliphatic rings. The summed E-state index contributed by atoms with van der Waals surface area (Å²) in [7, 11) is -3.54. The lowest BCUT2D eigenvalue weighted by Crippen LogP contribution is -2.36. The van der Waals surface area contributed by atoms with Crippen LogP contribution < -0.4 is 10.2 Å². The quantitative estimate of drug-likeness (QED) is 0.536. The topological polar surface area (TPSA) is 90.0 Å². The first-order valence-electron chi connectivity index (χ1n) is 11.8. The number of nitrogens with one attached hydrogen (secondary N) is 1. The molecule has 9 heteroatoms. The summed E-state index contributed by atoms with van der Waals surface area (Å²) in [6, 6.07) is 6.36. The third kappa shape index (κ3) is 5.88. The number of benzene rings is 1. The van der Waals surface area contributed by atoms with Crippen molar-refractivity contribution < 1.29 is 18.0 Å². The molecule has 0 aliphatic carbocycles. The first-order valence-corrected chi connectivity index (χ1v) is 13.2. The summed E-state index contributed by atoms with van der Waals surface area (Å²) in [5.41, 5.74) is 0.619. The highest BCUT2D eigenvalue weighted by molar-refractivity contribution is 7.89. The van der Waals surface area contributed by atoms with E-state index in [1.54, 1.807) is 30.9 Å². The fourth-order valence-corrected chi connectivity index (χ4v) is 5.94. The summed E-state index contributed by atoms with van der Waals surface area (Å²) < 4.78 is 26.7. The zero-order valence-electron chi connectivity index (χ0n) is 19.3. The van der Waals surface area contributed by atoms with E-state index < -0.39 is 10.0 Å². The Labute approximate surface area is 192 Å². The van der Waals surface area contributed by atoms with Gasteiger partial charge in [-0.15, -0.1) is 0 Å². The van der Waals surface area contributed by atoms with Gasteiger partial charge in [0, 0.05) is 38.3 Å². The van der Waals surface area contributed by atoms with Crippen molar-refractivity contribution in [3.05, 3.63) is 24.3 Å². The predicted molar refractivity (Wildman–Crippen MR) is 125 cm³/mol. The Hall–Kier alpha value is -1.97. The molecule has 2 fully saturated rings. The first kappa shape index (κ1) is 24.7. The second kappa shape index (κ2) is 11.2. The van der Waals surface area contributed by atoms with Crippen LogP contribution in [0.15, 0.2) is 29.2 Å². The van der Waals surface area contributed by atoms with Crippen molar-refractivity contribution in [1.29, 1.82) is 0 Å². The van der Waals surface area contributed by atoms with Gasteiger partial charge in [0.1, 0.15) is 0 Å². The summed E-state index contributed by atoms with van der Waals surface area (Å²) in [5.74, 6) is -0.574. The summed E-state index contributed by atoms with van der Waals surface area (Å²) in [4.78, 5) is 29.3. The van der Waals surface area contributed by atoms with Gasteiger partial charge in [-0.2, -0.15) is 4.31 Å². The number of carbonyl (C=O) groups excluding carboxylic acids is 2. The van der Waals surface area contributed by atoms with Gasteiger partial charge in [-0.3, -0.25) is 9.59 Å². The molecule has 1 atom stereocenters. The third-order valence-corrected chi connectivity index (χ3v) is 8.45. The predicted octanol–water partition coefficient (Wildman–Crippen LogP) is 2.06. The van der Waals surface area contributed by atoms with Gasteiger partial charge in [-0.1, -0.05) is 20.3 Å². The van der Waals surface area contributed by atoms with E-state index in [2.05, 4.69) is 10.2 Å². The van der Waals surface area contributed by atoms with E-state index in [1.807, 2.05) is 0 Å². The molecule has 178 valence electrons. The molecule has 2 amide bonds. The molecule has 3 rings (SSSR count). The molecule has 2 heterocycles. The van der Waals surface area contributed by atoms with Crippen LogP contribution in [0, 0.1) is 5.92 Å². The van der Waals surface area contributed by atoms with Gasteiger partial charge in [0.15, 0.2) is 0 Å². The van der Waals surface area contributed by atoms with Crippen molar-refractivity contribution in [2.24, 2.45) is 5.92 Å². The SMILES string of the molecule is CCN(CC)S(=O)(=O)c1ccc(N2CC(C(=O)NCCCN3CCCCC3)CC2=O)cc1. The molecule has 1 unspecified atom stereocenters. The summed E-state index contributed by atoms with van der Waals surface area (Å²) >= 11 is 0. The average Bonchev–Trinajstić information content (AvgIpc) is 3.19. The maximum Gasteiger partial charge on any atom is 0.243 e. The molecule has 2 saturated heterocycles. The number of anilines is 1. The van der Waals surface area contributed by atoms with Crippen LogP contribution in [0.4, 0.5) is 5.69 Å². The fourth-order valence-electron chi connectivity index (χ4n) is 4.48. The number of nitrogens with zero attached hydrogens (tertiary/aromatic N) is 3. The van der Waals surface area contributed by atoms with Crippen LogP contribution in [0.3, 0.4) is 0 Å². The second-order valence-electron chi connectivity index (χ2n) is 8.54. The minimum absolute atomic E-state index is 0.0831. The van der Waals surface area contributed by atoms with E-state index in [-0.39, 0.29) is 29.0 Å². The van der Waals surface area contributed by atoms with Gasteiger partial charge < -0.3 is 15.1 Å². The van der Waals surface area contributed by atoms with Gasteiger partial charge in [-0.25, -0.2) is 8.42 Å². The van der Waals surface area contributed by atoms with E-state index in [4.69, 9.17) is 0 Å². The number of carbonyl (C=O) groups is 2. The number of hydrogen-bond acceptors (Lipinski definition) is 5. The zero-order valence-corrected chi connectivity index (χ0v) is 20.1. The minimum atomic E-state index is -3.54. The maximum atomic E-state index is 12.6. The van der Waals surface area contributed by atoms with Crippen LogP contribution in [0.5, 0.6) is 0 Å². The minimum Gasteiger partial charge on any atom is -0.356 e. The Morgan fingerprint density at radius 2 is 1.75 bits per heavy atom. The summed E-state index contributed by atoms with van der Waals surface area (Å²) in [5, 5.41) is 2.98. The lowest BCUT2D eigenvalue weighted by molar-refractivity contribution is -0.126. The highest BCUT2D eigenvalue weighted by Crippen LogP contribution is 2.27. The lowest BCUT2D eigenvalue weighted by atomic mass is 10.1. The summed E-state index contributed by atoms with van der Waals surface area (Å²) in [6.07, 6.45) is 4.92. The molecular formula is C23H36N4O4S. The first-order chi connectivity index (χ1) is 15.4. The van der Waals surface area contributed by atoms with Crippen LogP contribution in [0.25, 0.3) is 0 Å². The van der Waals surface area contributed by atoms with E-state index in [1.165, 1.54) is 35.7 Å². The Bertz CT molecular complexity index is 878. The molecule has 1 aromatic carbocycles. The normalized spacial score (nSPS) is 20.2. The molecule has 8 nitrogen and oxygen atoms in total. The molecule has 0 bridgehead atoms. The van der Waals surface area contributed by atoms with Crippen molar-refractivity contribution in [3.8, 4) is 0 Å². The molecule has 0 aromatic heterocycles. The number of sulfonamides is 1. The van der Waals surface area contributed by atoms with Crippen molar-refractivity contribution in [3.63, 3.8) is 0 Å². The maximum absolute atomic E-state index is 12.6. The molecule has 2 aliphatic heterocycles. The molecule has 1 N–H and O–H groups in total. The van der Waals surface area contributed by atoms with Crippen LogP contribution in [-0.2, 0) is 19.6 Å². The monoisotopic (exact) mass is 464 g/mol. The van der Waals surface area contributed by atoms with Crippen molar-refractivity contribution >= 4 is 27.5 Å². The highest BCUT2D eigenvalue weighted by atomic mass is 32.2. The van der Waals surface area contributed by atoms with Crippen molar-refractivity contribution in [1.82, 2.24) is 14.5 Å². The van der Waals surface area contributed by atoms with Gasteiger partial charge in [0.2, 0.25) is 21.8 Å². The molecule has 0 radical (unpaired) electrons. The fraction of sp³-hybridized carbons (Fsp3) is 0.652. The van der Waals surface area contributed by atoms with Gasteiger partial charge in [-0.05, 0) is 63.2 Å². The lowest BCUT2D eigenvalue weighted by Gasteiger charge is -2.26. The van der Waals surface area contributed by atoms with Gasteiger partial charge in [0.25, 0.3) is 0 Å². The van der Waals surface area contributed by atoms with E-state index >= 15 is 0 Å².